The Bertz CT molecular complexity index is 1130. The van der Waals surface area contributed by atoms with Gasteiger partial charge in [0, 0.05) is 6.54 Å². The Balaban J connectivity index is 0.00000260. The van der Waals surface area contributed by atoms with Crippen LogP contribution in [0.15, 0.2) is 0 Å². The van der Waals surface area contributed by atoms with Crippen LogP contribution in [0, 0.1) is 28.6 Å². The molecule has 2 aliphatic rings. The first-order valence-electron chi connectivity index (χ1n) is 17.0. The number of nitrogens with zero attached hydrogens (tertiary/aromatic N) is 1. The first kappa shape index (κ1) is 41.8. The monoisotopic (exact) mass is 665 g/mol. The van der Waals surface area contributed by atoms with Gasteiger partial charge in [-0.25, -0.2) is 9.59 Å². The van der Waals surface area contributed by atoms with E-state index in [2.05, 4.69) is 36.7 Å². The van der Waals surface area contributed by atoms with Gasteiger partial charge >= 0.3 is 12.0 Å². The lowest BCUT2D eigenvalue weighted by Crippen LogP contribution is -2.62. The van der Waals surface area contributed by atoms with Crippen LogP contribution in [0.5, 0.6) is 0 Å². The van der Waals surface area contributed by atoms with Crippen molar-refractivity contribution >= 4 is 35.5 Å². The summed E-state index contributed by atoms with van der Waals surface area (Å²) in [4.78, 5) is 79.4. The number of esters is 1. The fraction of sp³-hybridized carbons (Fsp3) is 0.829. The van der Waals surface area contributed by atoms with E-state index in [1.807, 2.05) is 6.92 Å². The number of ether oxygens (including phenoxy) is 1. The maximum atomic E-state index is 14.0. The van der Waals surface area contributed by atoms with Crippen LogP contribution in [0.4, 0.5) is 4.79 Å². The van der Waals surface area contributed by atoms with E-state index in [1.165, 1.54) is 4.90 Å². The Morgan fingerprint density at radius 2 is 1.32 bits per heavy atom. The Labute approximate surface area is 282 Å². The number of urea groups is 1. The molecule has 0 aromatic heterocycles. The second-order valence-electron chi connectivity index (χ2n) is 17.2. The topological polar surface area (TPSA) is 177 Å². The van der Waals surface area contributed by atoms with Gasteiger partial charge in [-0.15, -0.1) is 0 Å². The zero-order valence-corrected chi connectivity index (χ0v) is 31.2. The molecular formula is C35H63N5O7. The minimum Gasteiger partial charge on any atom is -0.458 e. The molecule has 0 radical (unpaired) electrons. The lowest BCUT2D eigenvalue weighted by Gasteiger charge is -2.37. The zero-order valence-electron chi connectivity index (χ0n) is 31.2. The molecule has 5 atom stereocenters. The summed E-state index contributed by atoms with van der Waals surface area (Å²) in [7, 11) is 0. The second-order valence-corrected chi connectivity index (χ2v) is 17.2. The van der Waals surface area contributed by atoms with Crippen molar-refractivity contribution in [3.05, 3.63) is 0 Å². The number of likely N-dealkylation sites (tertiary alicyclic amines) is 1. The van der Waals surface area contributed by atoms with Gasteiger partial charge in [0.05, 0.1) is 6.04 Å². The Morgan fingerprint density at radius 1 is 0.830 bits per heavy atom. The number of carbonyl (C=O) groups excluding carboxylic acids is 6. The van der Waals surface area contributed by atoms with Crippen molar-refractivity contribution in [3.8, 4) is 0 Å². The van der Waals surface area contributed by atoms with Gasteiger partial charge in [-0.1, -0.05) is 88.5 Å². The molecule has 2 rings (SSSR count). The number of nitrogens with one attached hydrogen (secondary N) is 3. The number of hydrogen-bond acceptors (Lipinski definition) is 7. The Morgan fingerprint density at radius 3 is 1.72 bits per heavy atom. The average molecular weight is 666 g/mol. The lowest BCUT2D eigenvalue weighted by molar-refractivity contribution is -0.160. The quantitative estimate of drug-likeness (QED) is 0.201. The van der Waals surface area contributed by atoms with Gasteiger partial charge in [0.15, 0.2) is 0 Å². The van der Waals surface area contributed by atoms with Gasteiger partial charge in [0.25, 0.3) is 5.91 Å². The molecule has 12 heteroatoms. The zero-order chi connectivity index (χ0) is 36.7. The molecule has 1 heterocycles. The van der Waals surface area contributed by atoms with Crippen LogP contribution in [0.25, 0.3) is 0 Å². The predicted octanol–water partition coefficient (Wildman–Crippen LogP) is 4.09. The molecule has 5 N–H and O–H groups in total. The van der Waals surface area contributed by atoms with Crippen molar-refractivity contribution < 1.29 is 33.5 Å². The van der Waals surface area contributed by atoms with Crippen LogP contribution >= 0.6 is 0 Å². The van der Waals surface area contributed by atoms with Crippen LogP contribution in [-0.4, -0.2) is 76.7 Å². The van der Waals surface area contributed by atoms with Crippen molar-refractivity contribution in [2.75, 3.05) is 6.54 Å². The first-order chi connectivity index (χ1) is 21.2. The first-order valence-corrected chi connectivity index (χ1v) is 17.0. The SMILES string of the molecule is CC(C)C.CC1CC(C(=O)NC(CC2CCC2)C(=O)C(N)=O)N(C(=O)C(NC(=O)NC(C(=O)OC(C)(C)C)C(C)(C)C)C(C)(C)C)C1. The molecule has 2 fully saturated rings. The highest BCUT2D eigenvalue weighted by Crippen LogP contribution is 2.32. The number of Topliss-reactive ketones (excluding diaryl/α,β-unsaturated/α-hetero) is 1. The molecule has 0 aromatic rings. The summed E-state index contributed by atoms with van der Waals surface area (Å²) in [6, 6.07) is -4.72. The van der Waals surface area contributed by atoms with Crippen molar-refractivity contribution in [1.29, 1.82) is 0 Å². The van der Waals surface area contributed by atoms with E-state index in [1.54, 1.807) is 62.3 Å². The third-order valence-corrected chi connectivity index (χ3v) is 7.94. The number of hydrogen-bond donors (Lipinski definition) is 4. The summed E-state index contributed by atoms with van der Waals surface area (Å²) in [5, 5.41) is 8.14. The fourth-order valence-electron chi connectivity index (χ4n) is 5.38. The summed E-state index contributed by atoms with van der Waals surface area (Å²) in [6.07, 6.45) is 3.53. The minimum atomic E-state index is -1.11. The second kappa shape index (κ2) is 16.8. The summed E-state index contributed by atoms with van der Waals surface area (Å²) in [5.74, 6) is -2.53. The predicted molar refractivity (Wildman–Crippen MR) is 182 cm³/mol. The molecule has 270 valence electrons. The van der Waals surface area contributed by atoms with Gasteiger partial charge in [-0.05, 0) is 62.2 Å². The number of primary amides is 1. The summed E-state index contributed by atoms with van der Waals surface area (Å²) in [5.41, 5.74) is 3.05. The van der Waals surface area contributed by atoms with Crippen LogP contribution in [0.1, 0.15) is 122 Å². The van der Waals surface area contributed by atoms with E-state index in [9.17, 15) is 28.8 Å². The van der Waals surface area contributed by atoms with Crippen molar-refractivity contribution in [2.45, 2.75) is 152 Å². The summed E-state index contributed by atoms with van der Waals surface area (Å²) in [6.45, 7) is 24.7. The maximum Gasteiger partial charge on any atom is 0.329 e. The highest BCUT2D eigenvalue weighted by atomic mass is 16.6. The highest BCUT2D eigenvalue weighted by Gasteiger charge is 2.45. The standard InChI is InChI=1S/C31H53N5O7.C4H10/c1-17-14-20(25(39)33-19(21(37)24(32)38)15-18-12-11-13-18)36(16-17)26(40)22(29(2,3)4)34-28(42)35-23(30(5,6)7)27(41)43-31(8,9)10;1-4(2)3/h17-20,22-23H,11-16H2,1-10H3,(H2,32,38)(H,33,39)(H2,34,35,42);4H,1-3H3. The molecule has 1 saturated carbocycles. The largest absolute Gasteiger partial charge is 0.458 e. The van der Waals surface area contributed by atoms with E-state index in [0.717, 1.165) is 25.2 Å². The molecule has 0 aromatic carbocycles. The van der Waals surface area contributed by atoms with Gasteiger partial charge < -0.3 is 31.3 Å². The molecular weight excluding hydrogens is 602 g/mol. The molecule has 1 aliphatic heterocycles. The third kappa shape index (κ3) is 13.8. The number of nitrogens with two attached hydrogens (primary N) is 1. The third-order valence-electron chi connectivity index (χ3n) is 7.94. The van der Waals surface area contributed by atoms with Gasteiger partial charge in [0.2, 0.25) is 17.6 Å². The normalized spacial score (nSPS) is 20.5. The molecule has 0 bridgehead atoms. The van der Waals surface area contributed by atoms with E-state index in [0.29, 0.717) is 12.8 Å². The van der Waals surface area contributed by atoms with Crippen LogP contribution < -0.4 is 21.7 Å². The van der Waals surface area contributed by atoms with Gasteiger partial charge in [-0.2, -0.15) is 0 Å². The van der Waals surface area contributed by atoms with Crippen molar-refractivity contribution in [3.63, 3.8) is 0 Å². The Kier molecular flexibility index (Phi) is 14.9. The van der Waals surface area contributed by atoms with Crippen LogP contribution in [0.3, 0.4) is 0 Å². The van der Waals surface area contributed by atoms with Gasteiger partial charge in [0.1, 0.15) is 23.7 Å². The molecule has 0 spiro atoms. The number of rotatable bonds is 10. The lowest BCUT2D eigenvalue weighted by atomic mass is 9.80. The van der Waals surface area contributed by atoms with E-state index in [-0.39, 0.29) is 18.4 Å². The summed E-state index contributed by atoms with van der Waals surface area (Å²) < 4.78 is 5.52. The van der Waals surface area contributed by atoms with Crippen molar-refractivity contribution in [2.24, 2.45) is 34.3 Å². The van der Waals surface area contributed by atoms with E-state index >= 15 is 0 Å². The molecule has 5 amide bonds. The smallest absolute Gasteiger partial charge is 0.329 e. The van der Waals surface area contributed by atoms with E-state index in [4.69, 9.17) is 10.5 Å². The van der Waals surface area contributed by atoms with E-state index < -0.39 is 76.1 Å². The number of carbonyl (C=O) groups is 6. The molecule has 1 saturated heterocycles. The van der Waals surface area contributed by atoms with Crippen LogP contribution in [-0.2, 0) is 28.7 Å². The average Bonchev–Trinajstić information content (AvgIpc) is 3.25. The van der Waals surface area contributed by atoms with Gasteiger partial charge in [-0.3, -0.25) is 19.2 Å². The number of amides is 5. The molecule has 5 unspecified atom stereocenters. The Hall–Kier alpha value is -3.18. The molecule has 47 heavy (non-hydrogen) atoms. The molecule has 1 aliphatic carbocycles. The fourth-order valence-corrected chi connectivity index (χ4v) is 5.38. The minimum absolute atomic E-state index is 0.0245. The van der Waals surface area contributed by atoms with Crippen LogP contribution in [0.2, 0.25) is 0 Å². The maximum absolute atomic E-state index is 14.0. The highest BCUT2D eigenvalue weighted by molar-refractivity contribution is 6.37. The van der Waals surface area contributed by atoms with Crippen molar-refractivity contribution in [1.82, 2.24) is 20.9 Å². The number of ketones is 1. The summed E-state index contributed by atoms with van der Waals surface area (Å²) >= 11 is 0. The molecule has 12 nitrogen and oxygen atoms in total.